The molecule has 92 valence electrons. The largest absolute Gasteiger partial charge is 0.489 e. The molecule has 1 aliphatic heterocycles. The maximum Gasteiger partial charge on any atom is 0.143 e. The Balaban J connectivity index is 1.96. The zero-order chi connectivity index (χ0) is 11.8. The van der Waals surface area contributed by atoms with E-state index in [-0.39, 0.29) is 0 Å². The lowest BCUT2D eigenvalue weighted by Gasteiger charge is -2.18. The van der Waals surface area contributed by atoms with Crippen LogP contribution in [0.4, 0.5) is 0 Å². The summed E-state index contributed by atoms with van der Waals surface area (Å²) in [6, 6.07) is 4.63. The molecule has 0 amide bonds. The van der Waals surface area contributed by atoms with Crippen molar-refractivity contribution in [2.75, 3.05) is 6.54 Å². The van der Waals surface area contributed by atoms with E-state index in [0.29, 0.717) is 12.1 Å². The predicted octanol–water partition coefficient (Wildman–Crippen LogP) is 3.61. The van der Waals surface area contributed by atoms with E-state index < -0.39 is 0 Å². The first kappa shape index (κ1) is 11.4. The van der Waals surface area contributed by atoms with E-state index in [1.807, 2.05) is 6.07 Å². The fourth-order valence-electron chi connectivity index (χ4n) is 2.44. The van der Waals surface area contributed by atoms with E-state index in [4.69, 9.17) is 16.3 Å². The molecule has 3 heteroatoms. The summed E-state index contributed by atoms with van der Waals surface area (Å²) in [5.74, 6) is 0.916. The molecule has 1 saturated heterocycles. The molecule has 1 aromatic carbocycles. The van der Waals surface area contributed by atoms with Crippen molar-refractivity contribution >= 4 is 11.6 Å². The van der Waals surface area contributed by atoms with Crippen molar-refractivity contribution in [2.24, 2.45) is 0 Å². The molecule has 1 aliphatic carbocycles. The van der Waals surface area contributed by atoms with Crippen LogP contribution in [0.1, 0.15) is 42.9 Å². The van der Waals surface area contributed by atoms with Crippen LogP contribution >= 0.6 is 11.6 Å². The van der Waals surface area contributed by atoms with E-state index >= 15 is 0 Å². The van der Waals surface area contributed by atoms with Gasteiger partial charge >= 0.3 is 0 Å². The van der Waals surface area contributed by atoms with Gasteiger partial charge in [-0.25, -0.2) is 0 Å². The maximum atomic E-state index is 6.33. The first-order valence-corrected chi connectivity index (χ1v) is 6.82. The van der Waals surface area contributed by atoms with Crippen molar-refractivity contribution in [3.63, 3.8) is 0 Å². The van der Waals surface area contributed by atoms with Gasteiger partial charge < -0.3 is 10.1 Å². The number of hydrogen-bond acceptors (Lipinski definition) is 2. The zero-order valence-electron chi connectivity index (χ0n) is 10.1. The first-order chi connectivity index (χ1) is 8.24. The molecule has 2 aliphatic rings. The average Bonchev–Trinajstić information content (AvgIpc) is 2.93. The van der Waals surface area contributed by atoms with Crippen LogP contribution in [-0.2, 0) is 0 Å². The Morgan fingerprint density at radius 1 is 1.29 bits per heavy atom. The van der Waals surface area contributed by atoms with Crippen LogP contribution in [0.15, 0.2) is 12.1 Å². The van der Waals surface area contributed by atoms with Gasteiger partial charge in [0.1, 0.15) is 5.75 Å². The monoisotopic (exact) mass is 251 g/mol. The molecule has 0 bridgehead atoms. The third-order valence-corrected chi connectivity index (χ3v) is 3.74. The minimum Gasteiger partial charge on any atom is -0.489 e. The molecular formula is C14H18ClNO. The van der Waals surface area contributed by atoms with Crippen LogP contribution in [0.3, 0.4) is 0 Å². The van der Waals surface area contributed by atoms with E-state index in [9.17, 15) is 0 Å². The highest BCUT2D eigenvalue weighted by Crippen LogP contribution is 2.40. The first-order valence-electron chi connectivity index (χ1n) is 6.44. The van der Waals surface area contributed by atoms with Crippen LogP contribution in [0.5, 0.6) is 5.75 Å². The van der Waals surface area contributed by atoms with Gasteiger partial charge in [-0.1, -0.05) is 17.7 Å². The van der Waals surface area contributed by atoms with Crippen LogP contribution in [0.25, 0.3) is 0 Å². The zero-order valence-corrected chi connectivity index (χ0v) is 10.9. The fraction of sp³-hybridized carbons (Fsp3) is 0.571. The summed E-state index contributed by atoms with van der Waals surface area (Å²) in [5, 5.41) is 4.29. The summed E-state index contributed by atoms with van der Waals surface area (Å²) in [6.45, 7) is 3.18. The number of nitrogens with one attached hydrogen (secondary N) is 1. The maximum absolute atomic E-state index is 6.33. The Bertz CT molecular complexity index is 422. The molecule has 1 aromatic rings. The molecule has 0 aromatic heterocycles. The highest BCUT2D eigenvalue weighted by atomic mass is 35.5. The predicted molar refractivity (Wildman–Crippen MR) is 69.8 cm³/mol. The van der Waals surface area contributed by atoms with Crippen molar-refractivity contribution in [2.45, 2.75) is 44.8 Å². The summed E-state index contributed by atoms with van der Waals surface area (Å²) < 4.78 is 5.98. The minimum absolute atomic E-state index is 0.398. The molecule has 1 N–H and O–H groups in total. The van der Waals surface area contributed by atoms with Crippen LogP contribution in [-0.4, -0.2) is 12.6 Å². The van der Waals surface area contributed by atoms with Crippen molar-refractivity contribution in [3.05, 3.63) is 28.3 Å². The molecule has 1 saturated carbocycles. The number of halogens is 1. The molecule has 17 heavy (non-hydrogen) atoms. The molecule has 3 rings (SSSR count). The van der Waals surface area contributed by atoms with Gasteiger partial charge in [-0.2, -0.15) is 0 Å². The van der Waals surface area contributed by atoms with Gasteiger partial charge in [0.25, 0.3) is 0 Å². The summed E-state index contributed by atoms with van der Waals surface area (Å²) >= 11 is 6.33. The Morgan fingerprint density at radius 3 is 2.76 bits per heavy atom. The summed E-state index contributed by atoms with van der Waals surface area (Å²) in [4.78, 5) is 0. The second-order valence-electron chi connectivity index (χ2n) is 5.13. The molecule has 2 nitrogen and oxygen atoms in total. The van der Waals surface area contributed by atoms with E-state index in [1.165, 1.54) is 36.8 Å². The highest BCUT2D eigenvalue weighted by molar-refractivity contribution is 6.32. The minimum atomic E-state index is 0.398. The summed E-state index contributed by atoms with van der Waals surface area (Å²) in [6.07, 6.45) is 5.15. The Kier molecular flexibility index (Phi) is 3.01. The number of ether oxygens (including phenoxy) is 1. The molecule has 1 heterocycles. The third-order valence-electron chi connectivity index (χ3n) is 3.46. The number of benzene rings is 1. The van der Waals surface area contributed by atoms with Gasteiger partial charge in [-0.05, 0) is 50.8 Å². The topological polar surface area (TPSA) is 21.3 Å². The summed E-state index contributed by atoms with van der Waals surface area (Å²) in [5.41, 5.74) is 2.46. The van der Waals surface area contributed by atoms with E-state index in [2.05, 4.69) is 18.3 Å². The third kappa shape index (κ3) is 2.43. The quantitative estimate of drug-likeness (QED) is 0.886. The Labute approximate surface area is 107 Å². The van der Waals surface area contributed by atoms with Gasteiger partial charge in [-0.3, -0.25) is 0 Å². The number of hydrogen-bond donors (Lipinski definition) is 1. The SMILES string of the molecule is Cc1cc(Cl)c(OC2CC2)c(C2CCCN2)c1. The number of rotatable bonds is 3. The molecular weight excluding hydrogens is 234 g/mol. The lowest BCUT2D eigenvalue weighted by molar-refractivity contribution is 0.297. The Morgan fingerprint density at radius 2 is 2.12 bits per heavy atom. The van der Waals surface area contributed by atoms with Gasteiger partial charge in [-0.15, -0.1) is 0 Å². The van der Waals surface area contributed by atoms with Crippen LogP contribution < -0.4 is 10.1 Å². The standard InChI is InChI=1S/C14H18ClNO/c1-9-7-11(13-3-2-6-16-13)14(12(15)8-9)17-10-4-5-10/h7-8,10,13,16H,2-6H2,1H3. The van der Waals surface area contributed by atoms with Crippen molar-refractivity contribution in [1.29, 1.82) is 0 Å². The second kappa shape index (κ2) is 4.51. The molecule has 0 spiro atoms. The second-order valence-corrected chi connectivity index (χ2v) is 5.54. The van der Waals surface area contributed by atoms with Gasteiger partial charge in [0.2, 0.25) is 0 Å². The Hall–Kier alpha value is -0.730. The highest BCUT2D eigenvalue weighted by Gasteiger charge is 2.28. The summed E-state index contributed by atoms with van der Waals surface area (Å²) in [7, 11) is 0. The van der Waals surface area contributed by atoms with Crippen molar-refractivity contribution in [3.8, 4) is 5.75 Å². The normalized spacial score (nSPS) is 24.0. The van der Waals surface area contributed by atoms with Gasteiger partial charge in [0, 0.05) is 11.6 Å². The van der Waals surface area contributed by atoms with Gasteiger partial charge in [0.15, 0.2) is 0 Å². The number of aryl methyl sites for hydroxylation is 1. The van der Waals surface area contributed by atoms with Crippen LogP contribution in [0.2, 0.25) is 5.02 Å². The molecule has 1 atom stereocenters. The smallest absolute Gasteiger partial charge is 0.143 e. The van der Waals surface area contributed by atoms with E-state index in [1.54, 1.807) is 0 Å². The fourth-order valence-corrected chi connectivity index (χ4v) is 2.77. The van der Waals surface area contributed by atoms with Gasteiger partial charge in [0.05, 0.1) is 11.1 Å². The lowest BCUT2D eigenvalue weighted by atomic mass is 10.0. The lowest BCUT2D eigenvalue weighted by Crippen LogP contribution is -2.15. The molecule has 2 fully saturated rings. The van der Waals surface area contributed by atoms with Crippen LogP contribution in [0, 0.1) is 6.92 Å². The van der Waals surface area contributed by atoms with Crippen molar-refractivity contribution in [1.82, 2.24) is 5.32 Å². The molecule has 1 unspecified atom stereocenters. The molecule has 0 radical (unpaired) electrons. The van der Waals surface area contributed by atoms with Crippen molar-refractivity contribution < 1.29 is 4.74 Å². The van der Waals surface area contributed by atoms with E-state index in [0.717, 1.165) is 17.3 Å². The average molecular weight is 252 g/mol.